The smallest absolute Gasteiger partial charge is 0.207 e. The van der Waals surface area contributed by atoms with E-state index in [0.29, 0.717) is 0 Å². The summed E-state index contributed by atoms with van der Waals surface area (Å²) in [5.74, 6) is 0. The predicted molar refractivity (Wildman–Crippen MR) is 114 cm³/mol. The summed E-state index contributed by atoms with van der Waals surface area (Å²) >= 11 is 0. The van der Waals surface area contributed by atoms with Crippen molar-refractivity contribution in [3.63, 3.8) is 0 Å². The summed E-state index contributed by atoms with van der Waals surface area (Å²) in [6, 6.07) is 31.1. The van der Waals surface area contributed by atoms with Crippen LogP contribution in [0.1, 0.15) is 11.1 Å². The highest BCUT2D eigenvalue weighted by Crippen LogP contribution is 2.42. The molecule has 0 saturated heterocycles. The van der Waals surface area contributed by atoms with Gasteiger partial charge in [-0.25, -0.2) is 0 Å². The van der Waals surface area contributed by atoms with E-state index in [2.05, 4.69) is 64.9 Å². The molecule has 4 heteroatoms. The zero-order chi connectivity index (χ0) is 18.8. The van der Waals surface area contributed by atoms with Crippen LogP contribution in [0.4, 0.5) is 11.4 Å². The van der Waals surface area contributed by atoms with Gasteiger partial charge < -0.3 is 0 Å². The monoisotopic (exact) mass is 363 g/mol. The second-order valence-corrected chi connectivity index (χ2v) is 6.70. The molecule has 134 valence electrons. The van der Waals surface area contributed by atoms with Crippen LogP contribution in [0.5, 0.6) is 0 Å². The molecule has 0 saturated carbocycles. The molecule has 0 amide bonds. The maximum absolute atomic E-state index is 5.26. The highest BCUT2D eigenvalue weighted by molar-refractivity contribution is 6.33. The number of nitrogens with one attached hydrogen (secondary N) is 1. The van der Waals surface area contributed by atoms with E-state index in [1.54, 1.807) is 0 Å². The molecular formula is C24H19N4+. The molecule has 1 aliphatic rings. The third-order valence-electron chi connectivity index (χ3n) is 4.99. The van der Waals surface area contributed by atoms with Crippen molar-refractivity contribution in [2.75, 3.05) is 0 Å². The van der Waals surface area contributed by atoms with Crippen LogP contribution in [-0.2, 0) is 0 Å². The normalized spacial score (nSPS) is 18.6. The topological polar surface area (TPSA) is 41.0 Å². The van der Waals surface area contributed by atoms with Gasteiger partial charge in [0.15, 0.2) is 5.69 Å². The molecule has 1 aliphatic heterocycles. The third kappa shape index (κ3) is 2.68. The van der Waals surface area contributed by atoms with E-state index in [4.69, 9.17) is 5.10 Å². The fourth-order valence-corrected chi connectivity index (χ4v) is 3.63. The van der Waals surface area contributed by atoms with Gasteiger partial charge in [0.05, 0.1) is 11.8 Å². The van der Waals surface area contributed by atoms with Crippen LogP contribution in [0.2, 0.25) is 0 Å². The first-order valence-electron chi connectivity index (χ1n) is 9.25. The average molecular weight is 363 g/mol. The molecule has 4 nitrogen and oxygen atoms in total. The van der Waals surface area contributed by atoms with Crippen molar-refractivity contribution < 1.29 is 0 Å². The average Bonchev–Trinajstić information content (AvgIpc) is 3.45. The van der Waals surface area contributed by atoms with Crippen molar-refractivity contribution in [1.82, 2.24) is 14.8 Å². The van der Waals surface area contributed by atoms with Crippen molar-refractivity contribution >= 4 is 22.7 Å². The number of H-pyrrole nitrogens is 1. The Morgan fingerprint density at radius 1 is 0.643 bits per heavy atom. The highest BCUT2D eigenvalue weighted by atomic mass is 15.6. The molecule has 4 aromatic rings. The number of quaternary nitrogens is 1. The molecule has 0 bridgehead atoms. The quantitative estimate of drug-likeness (QED) is 0.477. The van der Waals surface area contributed by atoms with Gasteiger partial charge in [-0.3, -0.25) is 5.10 Å². The van der Waals surface area contributed by atoms with Crippen molar-refractivity contribution in [2.45, 2.75) is 0 Å². The molecule has 28 heavy (non-hydrogen) atoms. The fraction of sp³-hybridized carbons (Fsp3) is 0. The first-order valence-corrected chi connectivity index (χ1v) is 9.25. The van der Waals surface area contributed by atoms with Crippen LogP contribution >= 0.6 is 0 Å². The van der Waals surface area contributed by atoms with Gasteiger partial charge in [-0.05, 0) is 5.56 Å². The maximum Gasteiger partial charge on any atom is 0.207 e. The zero-order valence-corrected chi connectivity index (χ0v) is 15.2. The van der Waals surface area contributed by atoms with Crippen LogP contribution in [0.3, 0.4) is 0 Å². The lowest BCUT2D eigenvalue weighted by molar-refractivity contribution is 0.551. The molecule has 1 unspecified atom stereocenters. The summed E-state index contributed by atoms with van der Waals surface area (Å²) in [6.07, 6.45) is 5.95. The Hall–Kier alpha value is -3.76. The molecule has 1 aromatic heterocycles. The van der Waals surface area contributed by atoms with Gasteiger partial charge in [0, 0.05) is 17.7 Å². The van der Waals surface area contributed by atoms with E-state index in [1.165, 1.54) is 0 Å². The number of hydrogen-bond acceptors (Lipinski definition) is 2. The van der Waals surface area contributed by atoms with Crippen LogP contribution in [0.15, 0.2) is 115 Å². The van der Waals surface area contributed by atoms with Gasteiger partial charge in [-0.2, -0.15) is 5.10 Å². The third-order valence-corrected chi connectivity index (χ3v) is 4.99. The summed E-state index contributed by atoms with van der Waals surface area (Å²) in [7, 11) is 0. The summed E-state index contributed by atoms with van der Waals surface area (Å²) in [5, 5.41) is 12.4. The minimum absolute atomic E-state index is 0.242. The summed E-state index contributed by atoms with van der Waals surface area (Å²) < 4.78 is 0.242. The van der Waals surface area contributed by atoms with E-state index >= 15 is 0 Å². The van der Waals surface area contributed by atoms with Crippen LogP contribution in [0.25, 0.3) is 5.57 Å². The van der Waals surface area contributed by atoms with Crippen LogP contribution in [0, 0.1) is 0 Å². The van der Waals surface area contributed by atoms with E-state index < -0.39 is 0 Å². The summed E-state index contributed by atoms with van der Waals surface area (Å²) in [4.78, 5) is 0. The van der Waals surface area contributed by atoms with Gasteiger partial charge in [0.25, 0.3) is 0 Å². The Bertz CT molecular complexity index is 1070. The molecule has 2 heterocycles. The molecule has 1 atom stereocenters. The van der Waals surface area contributed by atoms with Crippen molar-refractivity contribution in [3.05, 3.63) is 121 Å². The van der Waals surface area contributed by atoms with Crippen molar-refractivity contribution in [3.8, 4) is 0 Å². The second kappa shape index (κ2) is 6.76. The molecule has 1 N–H and O–H groups in total. The number of aromatic amines is 1. The Morgan fingerprint density at radius 2 is 1.25 bits per heavy atom. The number of nitrogens with zero attached hydrogens (tertiary/aromatic N) is 3. The van der Waals surface area contributed by atoms with E-state index in [0.717, 1.165) is 33.8 Å². The van der Waals surface area contributed by atoms with Crippen molar-refractivity contribution in [1.29, 1.82) is 0 Å². The Balaban J connectivity index is 1.80. The zero-order valence-electron chi connectivity index (χ0n) is 15.2. The largest absolute Gasteiger partial charge is 0.279 e. The van der Waals surface area contributed by atoms with Crippen molar-refractivity contribution in [2.24, 2.45) is 5.10 Å². The number of para-hydroxylation sites is 1. The number of benzene rings is 3. The molecule has 0 spiro atoms. The van der Waals surface area contributed by atoms with Gasteiger partial charge in [0.2, 0.25) is 5.69 Å². The lowest BCUT2D eigenvalue weighted by Gasteiger charge is -2.23. The first kappa shape index (κ1) is 16.4. The molecule has 0 radical (unpaired) electrons. The maximum atomic E-state index is 5.26. The minimum Gasteiger partial charge on any atom is -0.279 e. The van der Waals surface area contributed by atoms with Gasteiger partial charge >= 0.3 is 0 Å². The second-order valence-electron chi connectivity index (χ2n) is 6.70. The van der Waals surface area contributed by atoms with Gasteiger partial charge in [-0.1, -0.05) is 84.0 Å². The first-order chi connectivity index (χ1) is 13.9. The van der Waals surface area contributed by atoms with E-state index in [-0.39, 0.29) is 4.59 Å². The summed E-state index contributed by atoms with van der Waals surface area (Å²) in [6.45, 7) is 0. The number of aromatic nitrogens is 2. The Morgan fingerprint density at radius 3 is 1.86 bits per heavy atom. The van der Waals surface area contributed by atoms with Crippen LogP contribution < -0.4 is 4.59 Å². The SMILES string of the molecule is C1=C(c2ccccc2)C(c2ccccc2)=N[N+]1(c1ccccc1)c1cn[nH]c1. The Labute approximate surface area is 163 Å². The van der Waals surface area contributed by atoms with E-state index in [1.807, 2.05) is 54.9 Å². The Kier molecular flexibility index (Phi) is 3.96. The molecule has 0 aliphatic carbocycles. The lowest BCUT2D eigenvalue weighted by atomic mass is 9.97. The molecular weight excluding hydrogens is 344 g/mol. The van der Waals surface area contributed by atoms with E-state index in [9.17, 15) is 0 Å². The standard InChI is InChI=1S/C24H19N4/c1-4-10-19(11-5-1)23-18-28(22-16-25-26-17-22,21-14-8-3-9-15-21)27-24(23)20-12-6-2-7-13-20/h1-18H,(H,25,26)/q+1. The molecule has 0 fully saturated rings. The fourth-order valence-electron chi connectivity index (χ4n) is 3.63. The summed E-state index contributed by atoms with van der Waals surface area (Å²) in [5.41, 5.74) is 6.34. The van der Waals surface area contributed by atoms with Gasteiger partial charge in [0.1, 0.15) is 18.1 Å². The number of allylic oxidation sites excluding steroid dienone is 1. The number of rotatable bonds is 4. The van der Waals surface area contributed by atoms with Gasteiger partial charge in [-0.15, -0.1) is 4.59 Å². The molecule has 5 rings (SSSR count). The van der Waals surface area contributed by atoms with Crippen LogP contribution in [-0.4, -0.2) is 15.9 Å². The molecule has 3 aromatic carbocycles. The minimum atomic E-state index is 0.242. The lowest BCUT2D eigenvalue weighted by Crippen LogP contribution is -2.29. The number of hydrogen-bond donors (Lipinski definition) is 1. The predicted octanol–water partition coefficient (Wildman–Crippen LogP) is 5.51. The highest BCUT2D eigenvalue weighted by Gasteiger charge is 2.41.